The molecule has 142 valence electrons. The number of carbonyl (C=O) groups excluding carboxylic acids is 1. The zero-order valence-electron chi connectivity index (χ0n) is 15.7. The summed E-state index contributed by atoms with van der Waals surface area (Å²) in [5.41, 5.74) is 6.71. The van der Waals surface area contributed by atoms with E-state index in [0.29, 0.717) is 18.0 Å². The molecule has 1 aromatic heterocycles. The van der Waals surface area contributed by atoms with Crippen molar-refractivity contribution in [3.05, 3.63) is 11.8 Å². The lowest BCUT2D eigenvalue weighted by Gasteiger charge is -2.42. The summed E-state index contributed by atoms with van der Waals surface area (Å²) in [6.45, 7) is 5.96. The van der Waals surface area contributed by atoms with Gasteiger partial charge in [-0.2, -0.15) is 4.98 Å². The first-order valence-corrected chi connectivity index (χ1v) is 9.99. The van der Waals surface area contributed by atoms with E-state index in [1.807, 2.05) is 13.0 Å². The number of aryl methyl sites for hydroxylation is 1. The average molecular weight is 358 g/mol. The molecule has 0 spiro atoms. The smallest absolute Gasteiger partial charge is 0.224 e. The quantitative estimate of drug-likeness (QED) is 0.844. The highest BCUT2D eigenvalue weighted by atomic mass is 16.2. The van der Waals surface area contributed by atoms with Crippen molar-refractivity contribution in [2.75, 3.05) is 36.8 Å². The van der Waals surface area contributed by atoms with Crippen molar-refractivity contribution in [1.82, 2.24) is 20.2 Å². The molecule has 1 saturated carbocycles. The Balaban J connectivity index is 1.31. The molecular formula is C19H30N6O. The van der Waals surface area contributed by atoms with E-state index in [1.165, 1.54) is 0 Å². The van der Waals surface area contributed by atoms with Gasteiger partial charge in [0.25, 0.3) is 0 Å². The second-order valence-electron chi connectivity index (χ2n) is 8.06. The van der Waals surface area contributed by atoms with E-state index in [4.69, 9.17) is 5.73 Å². The molecule has 1 aromatic rings. The van der Waals surface area contributed by atoms with Crippen molar-refractivity contribution in [1.29, 1.82) is 0 Å². The minimum absolute atomic E-state index is 0.173. The fraction of sp³-hybridized carbons (Fsp3) is 0.737. The van der Waals surface area contributed by atoms with E-state index in [0.717, 1.165) is 76.2 Å². The molecule has 3 aliphatic rings. The molecule has 3 fully saturated rings. The number of nitrogens with one attached hydrogen (secondary N) is 1. The number of carbonyl (C=O) groups is 1. The van der Waals surface area contributed by atoms with Crippen LogP contribution in [-0.4, -0.2) is 59.0 Å². The fourth-order valence-electron chi connectivity index (χ4n) is 4.30. The van der Waals surface area contributed by atoms with Gasteiger partial charge in [-0.3, -0.25) is 9.69 Å². The number of nitrogens with zero attached hydrogens (tertiary/aromatic N) is 4. The molecule has 7 heteroatoms. The Bertz CT molecular complexity index is 633. The highest BCUT2D eigenvalue weighted by Crippen LogP contribution is 2.27. The van der Waals surface area contributed by atoms with E-state index < -0.39 is 0 Å². The number of nitrogen functional groups attached to an aromatic ring is 1. The van der Waals surface area contributed by atoms with Crippen molar-refractivity contribution >= 4 is 17.7 Å². The minimum atomic E-state index is 0.173. The molecule has 0 unspecified atom stereocenters. The molecule has 3 heterocycles. The summed E-state index contributed by atoms with van der Waals surface area (Å²) in [5.74, 6) is 1.74. The van der Waals surface area contributed by atoms with Crippen LogP contribution in [0.3, 0.4) is 0 Å². The molecule has 7 nitrogen and oxygen atoms in total. The Morgan fingerprint density at radius 1 is 1.15 bits per heavy atom. The van der Waals surface area contributed by atoms with Gasteiger partial charge >= 0.3 is 0 Å². The summed E-state index contributed by atoms with van der Waals surface area (Å²) in [7, 11) is 0. The number of hydrogen-bond acceptors (Lipinski definition) is 6. The maximum atomic E-state index is 12.4. The molecule has 2 saturated heterocycles. The highest BCUT2D eigenvalue weighted by molar-refractivity contribution is 5.79. The Labute approximate surface area is 155 Å². The van der Waals surface area contributed by atoms with Gasteiger partial charge < -0.3 is 16.0 Å². The van der Waals surface area contributed by atoms with Crippen molar-refractivity contribution in [3.8, 4) is 0 Å². The second kappa shape index (κ2) is 7.39. The molecular weight excluding hydrogens is 328 g/mol. The van der Waals surface area contributed by atoms with Crippen molar-refractivity contribution in [3.63, 3.8) is 0 Å². The monoisotopic (exact) mass is 358 g/mol. The summed E-state index contributed by atoms with van der Waals surface area (Å²) in [6.07, 6.45) is 6.71. The largest absolute Gasteiger partial charge is 0.368 e. The third kappa shape index (κ3) is 4.09. The summed E-state index contributed by atoms with van der Waals surface area (Å²) in [6, 6.07) is 3.04. The Kier molecular flexibility index (Phi) is 4.98. The van der Waals surface area contributed by atoms with Crippen LogP contribution in [0.2, 0.25) is 0 Å². The molecule has 1 aliphatic carbocycles. The molecule has 0 radical (unpaired) electrons. The second-order valence-corrected chi connectivity index (χ2v) is 8.06. The summed E-state index contributed by atoms with van der Waals surface area (Å²) >= 11 is 0. The summed E-state index contributed by atoms with van der Waals surface area (Å²) < 4.78 is 0. The minimum Gasteiger partial charge on any atom is -0.368 e. The maximum absolute atomic E-state index is 12.4. The van der Waals surface area contributed by atoms with Crippen molar-refractivity contribution in [2.24, 2.45) is 5.92 Å². The van der Waals surface area contributed by atoms with Crippen LogP contribution < -0.4 is 16.0 Å². The Morgan fingerprint density at radius 3 is 2.62 bits per heavy atom. The predicted molar refractivity (Wildman–Crippen MR) is 102 cm³/mol. The van der Waals surface area contributed by atoms with Crippen LogP contribution >= 0.6 is 0 Å². The lowest BCUT2D eigenvalue weighted by atomic mass is 9.93. The normalized spacial score (nSPS) is 25.3. The van der Waals surface area contributed by atoms with Crippen LogP contribution in [0.15, 0.2) is 6.07 Å². The molecule has 3 N–H and O–H groups in total. The number of piperidine rings is 2. The third-order valence-electron chi connectivity index (χ3n) is 5.91. The van der Waals surface area contributed by atoms with Crippen LogP contribution in [0.5, 0.6) is 0 Å². The lowest BCUT2D eigenvalue weighted by Crippen LogP contribution is -2.51. The van der Waals surface area contributed by atoms with E-state index >= 15 is 0 Å². The van der Waals surface area contributed by atoms with Gasteiger partial charge in [0, 0.05) is 43.5 Å². The topological polar surface area (TPSA) is 87.4 Å². The zero-order chi connectivity index (χ0) is 18.1. The summed E-state index contributed by atoms with van der Waals surface area (Å²) in [4.78, 5) is 25.8. The average Bonchev–Trinajstić information content (AvgIpc) is 3.45. The molecule has 0 bridgehead atoms. The van der Waals surface area contributed by atoms with Gasteiger partial charge in [-0.1, -0.05) is 0 Å². The Morgan fingerprint density at radius 2 is 1.92 bits per heavy atom. The van der Waals surface area contributed by atoms with Gasteiger partial charge in [-0.05, 0) is 52.0 Å². The number of hydrogen-bond donors (Lipinski definition) is 2. The maximum Gasteiger partial charge on any atom is 0.224 e. The number of likely N-dealkylation sites (tertiary alicyclic amines) is 1. The molecule has 26 heavy (non-hydrogen) atoms. The van der Waals surface area contributed by atoms with Crippen LogP contribution in [0.1, 0.15) is 44.2 Å². The van der Waals surface area contributed by atoms with Gasteiger partial charge in [0.15, 0.2) is 0 Å². The first-order chi connectivity index (χ1) is 12.6. The van der Waals surface area contributed by atoms with Crippen molar-refractivity contribution in [2.45, 2.75) is 57.5 Å². The van der Waals surface area contributed by atoms with Gasteiger partial charge in [-0.15, -0.1) is 0 Å². The first-order valence-electron chi connectivity index (χ1n) is 9.99. The van der Waals surface area contributed by atoms with E-state index in [9.17, 15) is 4.79 Å². The van der Waals surface area contributed by atoms with Crippen LogP contribution in [0.4, 0.5) is 11.8 Å². The summed E-state index contributed by atoms with van der Waals surface area (Å²) in [5, 5.41) is 3.19. The van der Waals surface area contributed by atoms with Crippen LogP contribution in [-0.2, 0) is 4.79 Å². The van der Waals surface area contributed by atoms with Crippen molar-refractivity contribution < 1.29 is 4.79 Å². The number of aromatic nitrogens is 2. The van der Waals surface area contributed by atoms with Gasteiger partial charge in [0.2, 0.25) is 11.9 Å². The van der Waals surface area contributed by atoms with E-state index in [-0.39, 0.29) is 11.8 Å². The predicted octanol–water partition coefficient (Wildman–Crippen LogP) is 1.33. The number of anilines is 2. The standard InChI is InChI=1S/C19H30N6O/c1-13-11-17(23-19(20)21-13)24-9-6-16(7-10-24)25-8-2-3-14(12-25)18(26)22-15-4-5-15/h11,14-16H,2-10,12H2,1H3,(H,22,26)(H2,20,21,23)/t14-/m1/s1. The number of rotatable bonds is 4. The highest BCUT2D eigenvalue weighted by Gasteiger charge is 2.33. The molecule has 0 aromatic carbocycles. The van der Waals surface area contributed by atoms with Gasteiger partial charge in [0.1, 0.15) is 5.82 Å². The lowest BCUT2D eigenvalue weighted by molar-refractivity contribution is -0.127. The number of amides is 1. The third-order valence-corrected chi connectivity index (χ3v) is 5.91. The van der Waals surface area contributed by atoms with E-state index in [1.54, 1.807) is 0 Å². The first kappa shape index (κ1) is 17.5. The zero-order valence-corrected chi connectivity index (χ0v) is 15.7. The molecule has 4 rings (SSSR count). The fourth-order valence-corrected chi connectivity index (χ4v) is 4.30. The Hall–Kier alpha value is -1.89. The van der Waals surface area contributed by atoms with Gasteiger partial charge in [0.05, 0.1) is 5.92 Å². The van der Waals surface area contributed by atoms with Crippen LogP contribution in [0, 0.1) is 12.8 Å². The van der Waals surface area contributed by atoms with Crippen LogP contribution in [0.25, 0.3) is 0 Å². The molecule has 1 atom stereocenters. The number of nitrogens with two attached hydrogens (primary N) is 1. The molecule has 1 amide bonds. The molecule has 2 aliphatic heterocycles. The van der Waals surface area contributed by atoms with E-state index in [2.05, 4.69) is 25.1 Å². The SMILES string of the molecule is Cc1cc(N2CCC(N3CCC[C@@H](C(=O)NC4CC4)C3)CC2)nc(N)n1. The van der Waals surface area contributed by atoms with Gasteiger partial charge in [-0.25, -0.2) is 4.98 Å².